The summed E-state index contributed by atoms with van der Waals surface area (Å²) in [6, 6.07) is 14.3. The summed E-state index contributed by atoms with van der Waals surface area (Å²) >= 11 is 12.3. The van der Waals surface area contributed by atoms with Gasteiger partial charge in [0.2, 0.25) is 0 Å². The molecule has 0 heterocycles. The molecule has 0 aromatic heterocycles. The lowest BCUT2D eigenvalue weighted by atomic mass is 9.89. The molecule has 0 unspecified atom stereocenters. The lowest BCUT2D eigenvalue weighted by molar-refractivity contribution is 0.0937. The van der Waals surface area contributed by atoms with Crippen LogP contribution in [-0.4, -0.2) is 18.4 Å². The van der Waals surface area contributed by atoms with E-state index in [1.165, 1.54) is 37.5 Å². The lowest BCUT2D eigenvalue weighted by Gasteiger charge is -2.21. The number of hydrogen-bond donors (Lipinski definition) is 5. The van der Waals surface area contributed by atoms with Crippen molar-refractivity contribution in [3.8, 4) is 0 Å². The Hall–Kier alpha value is -3.75. The van der Waals surface area contributed by atoms with Crippen LogP contribution in [0.3, 0.4) is 0 Å². The van der Waals surface area contributed by atoms with E-state index in [0.29, 0.717) is 51.5 Å². The number of anilines is 3. The van der Waals surface area contributed by atoms with Crippen molar-refractivity contribution in [2.24, 2.45) is 5.92 Å². The first-order valence-corrected chi connectivity index (χ1v) is 13.9. The van der Waals surface area contributed by atoms with Gasteiger partial charge in [0.25, 0.3) is 11.8 Å². The molecule has 2 amide bonds. The quantitative estimate of drug-likeness (QED) is 0.166. The molecule has 0 aliphatic heterocycles. The minimum atomic E-state index is -0.696. The van der Waals surface area contributed by atoms with Gasteiger partial charge in [-0.25, -0.2) is 4.39 Å². The summed E-state index contributed by atoms with van der Waals surface area (Å²) in [6.45, 7) is 4.79. The second-order valence-corrected chi connectivity index (χ2v) is 10.7. The Kier molecular flexibility index (Phi) is 9.90. The molecule has 40 heavy (non-hydrogen) atoms. The Morgan fingerprint density at radius 3 is 2.38 bits per heavy atom. The highest BCUT2D eigenvalue weighted by Crippen LogP contribution is 2.27. The Morgan fingerprint density at radius 1 is 0.900 bits per heavy atom. The fourth-order valence-corrected chi connectivity index (χ4v) is 5.08. The van der Waals surface area contributed by atoms with E-state index in [4.69, 9.17) is 28.9 Å². The van der Waals surface area contributed by atoms with Gasteiger partial charge < -0.3 is 27.0 Å². The van der Waals surface area contributed by atoms with Gasteiger partial charge in [-0.2, -0.15) is 0 Å². The maximum Gasteiger partial charge on any atom is 0.256 e. The third-order valence-electron chi connectivity index (χ3n) is 6.83. The summed E-state index contributed by atoms with van der Waals surface area (Å²) in [5, 5.41) is 12.3. The molecule has 1 saturated carbocycles. The van der Waals surface area contributed by atoms with Gasteiger partial charge in [0.1, 0.15) is 11.6 Å². The van der Waals surface area contributed by atoms with Crippen LogP contribution in [0.1, 0.15) is 58.4 Å². The first kappa shape index (κ1) is 29.2. The summed E-state index contributed by atoms with van der Waals surface area (Å²) in [5.74, 6) is -0.535. The van der Waals surface area contributed by atoms with Crippen LogP contribution < -0.4 is 27.0 Å². The van der Waals surface area contributed by atoms with E-state index < -0.39 is 11.7 Å². The Bertz CT molecular complexity index is 1390. The molecule has 10 heteroatoms. The van der Waals surface area contributed by atoms with Crippen LogP contribution >= 0.6 is 23.2 Å². The second-order valence-electron chi connectivity index (χ2n) is 9.84. The number of halogens is 3. The van der Waals surface area contributed by atoms with Gasteiger partial charge in [-0.05, 0) is 66.8 Å². The standard InChI is InChI=1S/C30H32Cl2FN5O2/c1-18(37-26-13-11-21(15-25(26)34)29(39)35-16-19-6-3-2-4-7-19)38-27-14-20(10-12-22(27)31)17-36-30(40)28-23(32)8-5-9-24(28)33/h5,8-15,19,37-38H,1-4,6-7,16-17,34H2,(H,35,39)(H,36,40). The van der Waals surface area contributed by atoms with E-state index in [1.807, 2.05) is 0 Å². The highest BCUT2D eigenvalue weighted by molar-refractivity contribution is 6.34. The van der Waals surface area contributed by atoms with Crippen LogP contribution in [0.25, 0.3) is 0 Å². The predicted octanol–water partition coefficient (Wildman–Crippen LogP) is 6.95. The number of carbonyl (C=O) groups is 2. The molecule has 6 N–H and O–H groups in total. The Balaban J connectivity index is 1.33. The number of rotatable bonds is 10. The number of nitrogens with one attached hydrogen (secondary N) is 4. The number of carbonyl (C=O) groups excluding carboxylic acids is 2. The van der Waals surface area contributed by atoms with E-state index in [0.717, 1.165) is 12.8 Å². The summed E-state index contributed by atoms with van der Waals surface area (Å²) in [4.78, 5) is 25.1. The highest BCUT2D eigenvalue weighted by Gasteiger charge is 2.17. The van der Waals surface area contributed by atoms with Crippen molar-refractivity contribution in [2.45, 2.75) is 38.6 Å². The number of amides is 2. The third kappa shape index (κ3) is 7.67. The lowest BCUT2D eigenvalue weighted by Crippen LogP contribution is -2.30. The van der Waals surface area contributed by atoms with Gasteiger partial charge in [0, 0.05) is 18.7 Å². The van der Waals surface area contributed by atoms with E-state index >= 15 is 0 Å². The predicted molar refractivity (Wildman–Crippen MR) is 160 cm³/mol. The number of hydrogen-bond acceptors (Lipinski definition) is 5. The Labute approximate surface area is 243 Å². The fraction of sp³-hybridized carbons (Fsp3) is 0.267. The fourth-order valence-electron chi connectivity index (χ4n) is 4.67. The topological polar surface area (TPSA) is 108 Å². The molecular formula is C30H32Cl2FN5O2. The zero-order valence-electron chi connectivity index (χ0n) is 22.0. The van der Waals surface area contributed by atoms with Crippen molar-refractivity contribution in [2.75, 3.05) is 22.9 Å². The summed E-state index contributed by atoms with van der Waals surface area (Å²) in [6.07, 6.45) is 6.04. The van der Waals surface area contributed by atoms with Gasteiger partial charge >= 0.3 is 0 Å². The zero-order chi connectivity index (χ0) is 28.6. The minimum absolute atomic E-state index is 0.0331. The molecular weight excluding hydrogens is 552 g/mol. The molecule has 4 rings (SSSR count). The van der Waals surface area contributed by atoms with Gasteiger partial charge in [-0.3, -0.25) is 9.59 Å². The summed E-state index contributed by atoms with van der Waals surface area (Å²) in [5.41, 5.74) is 8.71. The van der Waals surface area contributed by atoms with Crippen LogP contribution in [0.2, 0.25) is 10.0 Å². The number of nitrogens with two attached hydrogens (primary N) is 1. The maximum atomic E-state index is 14.0. The number of nitrogen functional groups attached to an aromatic ring is 1. The minimum Gasteiger partial charge on any atom is -0.397 e. The van der Waals surface area contributed by atoms with Gasteiger partial charge in [0.05, 0.1) is 32.7 Å². The highest BCUT2D eigenvalue weighted by atomic mass is 35.5. The molecule has 3 aromatic rings. The van der Waals surface area contributed by atoms with Crippen LogP contribution in [-0.2, 0) is 6.54 Å². The first-order valence-electron chi connectivity index (χ1n) is 13.1. The second kappa shape index (κ2) is 13.5. The zero-order valence-corrected chi connectivity index (χ0v) is 23.5. The van der Waals surface area contributed by atoms with Gasteiger partial charge in [-0.15, -0.1) is 0 Å². The average molecular weight is 585 g/mol. The van der Waals surface area contributed by atoms with Crippen LogP contribution in [0.15, 0.2) is 67.0 Å². The summed E-state index contributed by atoms with van der Waals surface area (Å²) < 4.78 is 14.0. The third-order valence-corrected chi connectivity index (χ3v) is 7.48. The van der Waals surface area contributed by atoms with Crippen molar-refractivity contribution in [1.82, 2.24) is 10.6 Å². The molecule has 0 atom stereocenters. The van der Waals surface area contributed by atoms with E-state index in [-0.39, 0.29) is 23.0 Å². The molecule has 0 bridgehead atoms. The van der Waals surface area contributed by atoms with Gasteiger partial charge in [0.15, 0.2) is 0 Å². The summed E-state index contributed by atoms with van der Waals surface area (Å²) in [7, 11) is 0. The van der Waals surface area contributed by atoms with E-state index in [9.17, 15) is 14.0 Å². The van der Waals surface area contributed by atoms with Crippen LogP contribution in [0, 0.1) is 11.7 Å². The molecule has 0 radical (unpaired) electrons. The maximum absolute atomic E-state index is 14.0. The van der Waals surface area contributed by atoms with Crippen molar-refractivity contribution in [3.05, 3.63) is 99.6 Å². The van der Waals surface area contributed by atoms with E-state index in [1.54, 1.807) is 36.4 Å². The van der Waals surface area contributed by atoms with Crippen molar-refractivity contribution in [1.29, 1.82) is 0 Å². The molecule has 1 fully saturated rings. The molecule has 0 saturated heterocycles. The van der Waals surface area contributed by atoms with E-state index in [2.05, 4.69) is 27.8 Å². The van der Waals surface area contributed by atoms with Crippen molar-refractivity contribution < 1.29 is 14.0 Å². The molecule has 0 spiro atoms. The van der Waals surface area contributed by atoms with Gasteiger partial charge in [-0.1, -0.05) is 61.2 Å². The smallest absolute Gasteiger partial charge is 0.256 e. The van der Waals surface area contributed by atoms with Crippen molar-refractivity contribution in [3.63, 3.8) is 0 Å². The Morgan fingerprint density at radius 2 is 1.65 bits per heavy atom. The van der Waals surface area contributed by atoms with Crippen LogP contribution in [0.4, 0.5) is 21.5 Å². The molecule has 7 nitrogen and oxygen atoms in total. The van der Waals surface area contributed by atoms with Crippen molar-refractivity contribution >= 4 is 52.1 Å². The monoisotopic (exact) mass is 583 g/mol. The largest absolute Gasteiger partial charge is 0.397 e. The molecule has 1 aliphatic rings. The SMILES string of the molecule is C=C(Nc1ccc(C(=O)NCC2CCCCC2)cc1N)Nc1cc(CNC(=O)c2c(F)cccc2Cl)ccc1Cl. The first-order chi connectivity index (χ1) is 19.2. The molecule has 1 aliphatic carbocycles. The number of benzene rings is 3. The van der Waals surface area contributed by atoms with Crippen LogP contribution in [0.5, 0.6) is 0 Å². The molecule has 3 aromatic carbocycles. The average Bonchev–Trinajstić information content (AvgIpc) is 2.93. The normalized spacial score (nSPS) is 13.4. The molecule has 210 valence electrons.